The molecule has 0 aliphatic carbocycles. The Hall–Kier alpha value is -2.94. The van der Waals surface area contributed by atoms with Crippen LogP contribution in [-0.4, -0.2) is 32.9 Å². The van der Waals surface area contributed by atoms with Crippen molar-refractivity contribution in [3.63, 3.8) is 0 Å². The molecule has 1 aromatic heterocycles. The molecule has 6 nitrogen and oxygen atoms in total. The third-order valence-electron chi connectivity index (χ3n) is 4.64. The Bertz CT molecular complexity index is 1130. The van der Waals surface area contributed by atoms with Gasteiger partial charge in [0.1, 0.15) is 0 Å². The lowest BCUT2D eigenvalue weighted by Gasteiger charge is -2.12. The molecule has 29 heavy (non-hydrogen) atoms. The molecule has 2 N–H and O–H groups in total. The lowest BCUT2D eigenvalue weighted by atomic mass is 10.1. The molecule has 7 heteroatoms. The van der Waals surface area contributed by atoms with Gasteiger partial charge in [-0.25, -0.2) is 9.59 Å². The minimum Gasteiger partial charge on any atom is -0.478 e. The topological polar surface area (TPSA) is 91.9 Å². The molecule has 0 saturated heterocycles. The number of carboxylic acids is 2. The lowest BCUT2D eigenvalue weighted by molar-refractivity contribution is 0.0696. The number of aromatic nitrogens is 1. The van der Waals surface area contributed by atoms with Crippen LogP contribution in [0.2, 0.25) is 0 Å². The van der Waals surface area contributed by atoms with Crippen molar-refractivity contribution in [3.05, 3.63) is 79.7 Å². The molecule has 0 spiro atoms. The van der Waals surface area contributed by atoms with Crippen LogP contribution in [0.4, 0.5) is 5.69 Å². The first kappa shape index (κ1) is 20.8. The van der Waals surface area contributed by atoms with E-state index in [9.17, 15) is 19.8 Å². The molecule has 0 atom stereocenters. The SMILES string of the molecule is Cc1cc(I)ccc1N=Cc1cc(C)n(-c2cc(C(=O)O)cc(C(=O)O)c2)c1C. The first-order chi connectivity index (χ1) is 13.7. The molecule has 0 aliphatic rings. The van der Waals surface area contributed by atoms with E-state index in [1.54, 1.807) is 6.21 Å². The van der Waals surface area contributed by atoms with Gasteiger partial charge < -0.3 is 14.8 Å². The normalized spacial score (nSPS) is 11.2. The highest BCUT2D eigenvalue weighted by molar-refractivity contribution is 14.1. The van der Waals surface area contributed by atoms with Gasteiger partial charge in [0, 0.05) is 32.4 Å². The van der Waals surface area contributed by atoms with Crippen molar-refractivity contribution in [1.29, 1.82) is 0 Å². The molecule has 0 aliphatic heterocycles. The van der Waals surface area contributed by atoms with E-state index in [1.165, 1.54) is 12.1 Å². The predicted molar refractivity (Wildman–Crippen MR) is 120 cm³/mol. The summed E-state index contributed by atoms with van der Waals surface area (Å²) in [6, 6.07) is 12.1. The van der Waals surface area contributed by atoms with Crippen LogP contribution >= 0.6 is 22.6 Å². The number of carboxylic acid groups (broad SMARTS) is 2. The fourth-order valence-corrected chi connectivity index (χ4v) is 3.85. The summed E-state index contributed by atoms with van der Waals surface area (Å²) >= 11 is 2.26. The molecule has 2 aromatic carbocycles. The van der Waals surface area contributed by atoms with Crippen LogP contribution in [0, 0.1) is 24.3 Å². The summed E-state index contributed by atoms with van der Waals surface area (Å²) in [4.78, 5) is 27.4. The van der Waals surface area contributed by atoms with Gasteiger partial charge in [-0.2, -0.15) is 0 Å². The van der Waals surface area contributed by atoms with Gasteiger partial charge in [0.05, 0.1) is 16.8 Å². The highest BCUT2D eigenvalue weighted by Crippen LogP contribution is 2.24. The highest BCUT2D eigenvalue weighted by Gasteiger charge is 2.16. The molecular weight excluding hydrogens is 483 g/mol. The maximum atomic E-state index is 11.4. The summed E-state index contributed by atoms with van der Waals surface area (Å²) in [5.74, 6) is -2.35. The average molecular weight is 502 g/mol. The van der Waals surface area contributed by atoms with Crippen molar-refractivity contribution in [2.45, 2.75) is 20.8 Å². The van der Waals surface area contributed by atoms with Crippen LogP contribution in [-0.2, 0) is 0 Å². The van der Waals surface area contributed by atoms with Gasteiger partial charge in [0.2, 0.25) is 0 Å². The van der Waals surface area contributed by atoms with E-state index in [1.807, 2.05) is 43.5 Å². The van der Waals surface area contributed by atoms with Gasteiger partial charge in [-0.05, 0) is 91.4 Å². The zero-order chi connectivity index (χ0) is 21.3. The van der Waals surface area contributed by atoms with E-state index >= 15 is 0 Å². The Morgan fingerprint density at radius 1 is 0.966 bits per heavy atom. The van der Waals surface area contributed by atoms with Crippen molar-refractivity contribution in [2.75, 3.05) is 0 Å². The van der Waals surface area contributed by atoms with Gasteiger partial charge in [-0.15, -0.1) is 0 Å². The van der Waals surface area contributed by atoms with Crippen LogP contribution in [0.1, 0.15) is 43.2 Å². The molecular formula is C22H19IN2O4. The van der Waals surface area contributed by atoms with Crippen molar-refractivity contribution in [1.82, 2.24) is 4.57 Å². The quantitative estimate of drug-likeness (QED) is 0.373. The molecule has 0 saturated carbocycles. The number of carbonyl (C=O) groups is 2. The van der Waals surface area contributed by atoms with Gasteiger partial charge in [-0.1, -0.05) is 0 Å². The third-order valence-corrected chi connectivity index (χ3v) is 5.31. The van der Waals surface area contributed by atoms with Gasteiger partial charge in [0.15, 0.2) is 0 Å². The lowest BCUT2D eigenvalue weighted by Crippen LogP contribution is -2.07. The number of hydrogen-bond acceptors (Lipinski definition) is 3. The monoisotopic (exact) mass is 502 g/mol. The predicted octanol–water partition coefficient (Wildman–Crippen LogP) is 5.15. The van der Waals surface area contributed by atoms with Crippen LogP contribution in [0.5, 0.6) is 0 Å². The molecule has 0 amide bonds. The van der Waals surface area contributed by atoms with Crippen molar-refractivity contribution < 1.29 is 19.8 Å². The molecule has 3 aromatic rings. The molecule has 3 rings (SSSR count). The molecule has 0 bridgehead atoms. The largest absolute Gasteiger partial charge is 0.478 e. The zero-order valence-electron chi connectivity index (χ0n) is 16.1. The van der Waals surface area contributed by atoms with Gasteiger partial charge >= 0.3 is 11.9 Å². The number of halogens is 1. The molecule has 0 fully saturated rings. The van der Waals surface area contributed by atoms with Crippen molar-refractivity contribution in [3.8, 4) is 5.69 Å². The maximum absolute atomic E-state index is 11.4. The number of benzene rings is 2. The van der Waals surface area contributed by atoms with E-state index in [0.717, 1.165) is 37.8 Å². The van der Waals surface area contributed by atoms with E-state index < -0.39 is 11.9 Å². The number of aliphatic imine (C=N–C) groups is 1. The highest BCUT2D eigenvalue weighted by atomic mass is 127. The standard InChI is InChI=1S/C22H19IN2O4/c1-12-6-18(23)4-5-20(12)24-11-17-7-13(2)25(14(17)3)19-9-15(21(26)27)8-16(10-19)22(28)29/h4-11H,1-3H3,(H,26,27)(H,28,29). The molecule has 1 heterocycles. The second kappa shape index (κ2) is 8.20. The summed E-state index contributed by atoms with van der Waals surface area (Å²) in [7, 11) is 0. The number of aromatic carboxylic acids is 2. The van der Waals surface area contributed by atoms with Crippen LogP contribution in [0.15, 0.2) is 47.5 Å². The van der Waals surface area contributed by atoms with Gasteiger partial charge in [-0.3, -0.25) is 4.99 Å². The Morgan fingerprint density at radius 2 is 1.59 bits per heavy atom. The summed E-state index contributed by atoms with van der Waals surface area (Å²) in [5, 5.41) is 18.7. The van der Waals surface area contributed by atoms with E-state index in [-0.39, 0.29) is 11.1 Å². The Balaban J connectivity index is 2.07. The maximum Gasteiger partial charge on any atom is 0.335 e. The number of hydrogen-bond donors (Lipinski definition) is 2. The summed E-state index contributed by atoms with van der Waals surface area (Å²) in [5.41, 5.74) is 4.85. The summed E-state index contributed by atoms with van der Waals surface area (Å²) < 4.78 is 2.98. The molecule has 148 valence electrons. The number of aryl methyl sites for hydroxylation is 2. The van der Waals surface area contributed by atoms with E-state index in [4.69, 9.17) is 0 Å². The molecule has 0 radical (unpaired) electrons. The van der Waals surface area contributed by atoms with Crippen molar-refractivity contribution >= 4 is 46.4 Å². The Labute approximate surface area is 181 Å². The second-order valence-electron chi connectivity index (χ2n) is 6.73. The number of nitrogens with zero attached hydrogens (tertiary/aromatic N) is 2. The van der Waals surface area contributed by atoms with Crippen molar-refractivity contribution in [2.24, 2.45) is 4.99 Å². The minimum absolute atomic E-state index is 0.0721. The van der Waals surface area contributed by atoms with Crippen LogP contribution < -0.4 is 0 Å². The Morgan fingerprint density at radius 3 is 2.14 bits per heavy atom. The fraction of sp³-hybridized carbons (Fsp3) is 0.136. The second-order valence-corrected chi connectivity index (χ2v) is 7.98. The zero-order valence-corrected chi connectivity index (χ0v) is 18.3. The van der Waals surface area contributed by atoms with Crippen LogP contribution in [0.3, 0.4) is 0 Å². The molecule has 0 unspecified atom stereocenters. The first-order valence-electron chi connectivity index (χ1n) is 8.78. The Kier molecular flexibility index (Phi) is 5.88. The number of rotatable bonds is 5. The summed E-state index contributed by atoms with van der Waals surface area (Å²) in [6.07, 6.45) is 1.77. The smallest absolute Gasteiger partial charge is 0.335 e. The minimum atomic E-state index is -1.17. The third kappa shape index (κ3) is 4.40. The van der Waals surface area contributed by atoms with E-state index in [0.29, 0.717) is 5.69 Å². The summed E-state index contributed by atoms with van der Waals surface area (Å²) in [6.45, 7) is 5.78. The first-order valence-corrected chi connectivity index (χ1v) is 9.86. The van der Waals surface area contributed by atoms with Crippen LogP contribution in [0.25, 0.3) is 5.69 Å². The van der Waals surface area contributed by atoms with E-state index in [2.05, 4.69) is 33.6 Å². The fourth-order valence-electron chi connectivity index (χ4n) is 3.21. The van der Waals surface area contributed by atoms with Gasteiger partial charge in [0.25, 0.3) is 0 Å². The average Bonchev–Trinajstić information content (AvgIpc) is 2.94.